The zero-order valence-electron chi connectivity index (χ0n) is 10.3. The van der Waals surface area contributed by atoms with Crippen molar-refractivity contribution in [3.05, 3.63) is 30.1 Å². The van der Waals surface area contributed by atoms with Gasteiger partial charge in [0, 0.05) is 18.7 Å². The van der Waals surface area contributed by atoms with Crippen LogP contribution in [-0.4, -0.2) is 30.8 Å². The van der Waals surface area contributed by atoms with Crippen LogP contribution in [-0.2, 0) is 19.1 Å². The van der Waals surface area contributed by atoms with E-state index in [0.717, 1.165) is 30.9 Å². The van der Waals surface area contributed by atoms with Gasteiger partial charge in [0.05, 0.1) is 6.54 Å². The Labute approximate surface area is 112 Å². The van der Waals surface area contributed by atoms with Crippen molar-refractivity contribution in [1.82, 2.24) is 24.7 Å². The second kappa shape index (κ2) is 4.73. The number of hydrogen-bond acceptors (Lipinski definition) is 5. The second-order valence-electron chi connectivity index (χ2n) is 4.50. The minimum atomic E-state index is -4.47. The zero-order valence-corrected chi connectivity index (χ0v) is 10.3. The van der Waals surface area contributed by atoms with Gasteiger partial charge in [-0.25, -0.2) is 19.6 Å². The normalized spacial score (nSPS) is 18.6. The molecule has 0 aliphatic carbocycles. The number of fused-ring (bicyclic) bond motifs is 1. The van der Waals surface area contributed by atoms with E-state index in [1.165, 1.54) is 6.33 Å². The summed E-state index contributed by atoms with van der Waals surface area (Å²) >= 11 is 0. The molecule has 0 spiro atoms. The van der Waals surface area contributed by atoms with Gasteiger partial charge < -0.3 is 5.32 Å². The third kappa shape index (κ3) is 2.56. The molecule has 20 heavy (non-hydrogen) atoms. The maximum atomic E-state index is 12.6. The van der Waals surface area contributed by atoms with Crippen molar-refractivity contribution < 1.29 is 13.2 Å². The minimum Gasteiger partial charge on any atom is -0.350 e. The van der Waals surface area contributed by atoms with Gasteiger partial charge in [0.25, 0.3) is 0 Å². The lowest BCUT2D eigenvalue weighted by Gasteiger charge is -2.23. The number of nitrogens with one attached hydrogen (secondary N) is 1. The number of aromatic nitrogens is 5. The lowest BCUT2D eigenvalue weighted by Crippen LogP contribution is -2.32. The molecule has 0 aromatic carbocycles. The van der Waals surface area contributed by atoms with Crippen molar-refractivity contribution in [2.45, 2.75) is 31.6 Å². The van der Waals surface area contributed by atoms with Crippen LogP contribution in [0.25, 0.3) is 0 Å². The van der Waals surface area contributed by atoms with Crippen molar-refractivity contribution in [3.63, 3.8) is 0 Å². The van der Waals surface area contributed by atoms with E-state index in [1.807, 2.05) is 0 Å². The van der Waals surface area contributed by atoms with Crippen molar-refractivity contribution in [1.29, 1.82) is 0 Å². The molecule has 2 aromatic heterocycles. The highest BCUT2D eigenvalue weighted by Gasteiger charge is 2.33. The summed E-state index contributed by atoms with van der Waals surface area (Å²) in [6.45, 7) is 0.537. The number of aryl methyl sites for hydroxylation is 1. The average molecular weight is 284 g/mol. The van der Waals surface area contributed by atoms with E-state index in [-0.39, 0.29) is 12.0 Å². The van der Waals surface area contributed by atoms with Gasteiger partial charge in [0.2, 0.25) is 5.95 Å². The summed E-state index contributed by atoms with van der Waals surface area (Å²) in [6.07, 6.45) is -0.430. The number of hydrogen-bond donors (Lipinski definition) is 1. The summed E-state index contributed by atoms with van der Waals surface area (Å²) in [7, 11) is 0. The van der Waals surface area contributed by atoms with Crippen LogP contribution in [0, 0.1) is 0 Å². The molecule has 9 heteroatoms. The van der Waals surface area contributed by atoms with Gasteiger partial charge in [-0.2, -0.15) is 18.3 Å². The van der Waals surface area contributed by atoms with Gasteiger partial charge in [-0.1, -0.05) is 0 Å². The van der Waals surface area contributed by atoms with Gasteiger partial charge in [-0.15, -0.1) is 0 Å². The van der Waals surface area contributed by atoms with E-state index in [4.69, 9.17) is 0 Å². The summed E-state index contributed by atoms with van der Waals surface area (Å²) in [5, 5.41) is 6.96. The summed E-state index contributed by atoms with van der Waals surface area (Å²) in [5.74, 6) is 0.862. The molecule has 0 amide bonds. The Morgan fingerprint density at radius 3 is 2.95 bits per heavy atom. The first-order valence-corrected chi connectivity index (χ1v) is 6.06. The fourth-order valence-corrected chi connectivity index (χ4v) is 2.12. The quantitative estimate of drug-likeness (QED) is 0.905. The third-order valence-corrected chi connectivity index (χ3v) is 3.08. The molecule has 1 atom stereocenters. The van der Waals surface area contributed by atoms with Gasteiger partial charge >= 0.3 is 6.18 Å². The van der Waals surface area contributed by atoms with Crippen LogP contribution in [0.5, 0.6) is 0 Å². The molecule has 6 nitrogen and oxygen atoms in total. The fraction of sp³-hybridized carbons (Fsp3) is 0.455. The highest BCUT2D eigenvalue weighted by Crippen LogP contribution is 2.27. The number of rotatable bonds is 2. The van der Waals surface area contributed by atoms with E-state index in [9.17, 15) is 13.2 Å². The Balaban J connectivity index is 1.73. The largest absolute Gasteiger partial charge is 0.433 e. The van der Waals surface area contributed by atoms with Crippen LogP contribution in [0.4, 0.5) is 19.1 Å². The first-order chi connectivity index (χ1) is 9.52. The average Bonchev–Trinajstić information content (AvgIpc) is 2.85. The van der Waals surface area contributed by atoms with Gasteiger partial charge in [0.15, 0.2) is 0 Å². The summed E-state index contributed by atoms with van der Waals surface area (Å²) < 4.78 is 39.4. The lowest BCUT2D eigenvalue weighted by atomic mass is 10.1. The topological polar surface area (TPSA) is 68.5 Å². The van der Waals surface area contributed by atoms with Crippen molar-refractivity contribution in [3.8, 4) is 0 Å². The summed E-state index contributed by atoms with van der Waals surface area (Å²) in [5.41, 5.74) is -0.952. The van der Waals surface area contributed by atoms with Crippen molar-refractivity contribution in [2.75, 3.05) is 5.32 Å². The van der Waals surface area contributed by atoms with Crippen molar-refractivity contribution in [2.24, 2.45) is 0 Å². The second-order valence-corrected chi connectivity index (χ2v) is 4.50. The molecule has 3 rings (SSSR count). The number of nitrogens with zero attached hydrogens (tertiary/aromatic N) is 5. The molecule has 3 heterocycles. The Bertz CT molecular complexity index is 608. The highest BCUT2D eigenvalue weighted by atomic mass is 19.4. The minimum absolute atomic E-state index is 0.0200. The molecule has 1 aliphatic rings. The van der Waals surface area contributed by atoms with Crippen molar-refractivity contribution >= 4 is 5.95 Å². The standard InChI is InChI=1S/C11H11F3N6/c12-11(13,14)8-3-4-15-10(19-8)18-7-1-2-9-16-6-17-20(9)5-7/h3-4,6-7H,1-2,5H2,(H,15,18,19). The number of halogens is 3. The van der Waals surface area contributed by atoms with Crippen LogP contribution in [0.1, 0.15) is 17.9 Å². The van der Waals surface area contributed by atoms with Crippen LogP contribution < -0.4 is 5.32 Å². The van der Waals surface area contributed by atoms with Gasteiger partial charge in [0.1, 0.15) is 17.8 Å². The molecule has 1 unspecified atom stereocenters. The predicted octanol–water partition coefficient (Wildman–Crippen LogP) is 1.51. The SMILES string of the molecule is FC(F)(F)c1ccnc(NC2CCc3ncnn3C2)n1. The van der Waals surface area contributed by atoms with E-state index >= 15 is 0 Å². The van der Waals surface area contributed by atoms with Gasteiger partial charge in [-0.05, 0) is 12.5 Å². The molecule has 0 radical (unpaired) electrons. The monoisotopic (exact) mass is 284 g/mol. The Morgan fingerprint density at radius 2 is 2.15 bits per heavy atom. The predicted molar refractivity (Wildman–Crippen MR) is 62.8 cm³/mol. The van der Waals surface area contributed by atoms with E-state index in [0.29, 0.717) is 6.54 Å². The molecule has 2 aromatic rings. The molecular formula is C11H11F3N6. The molecule has 0 fully saturated rings. The van der Waals surface area contributed by atoms with E-state index < -0.39 is 11.9 Å². The third-order valence-electron chi connectivity index (χ3n) is 3.08. The Morgan fingerprint density at radius 1 is 1.30 bits per heavy atom. The Kier molecular flexibility index (Phi) is 3.03. The molecule has 0 bridgehead atoms. The first-order valence-electron chi connectivity index (χ1n) is 6.06. The first kappa shape index (κ1) is 12.8. The highest BCUT2D eigenvalue weighted by molar-refractivity contribution is 5.28. The molecule has 0 saturated carbocycles. The Hall–Kier alpha value is -2.19. The maximum absolute atomic E-state index is 12.6. The van der Waals surface area contributed by atoms with Gasteiger partial charge in [-0.3, -0.25) is 0 Å². The number of alkyl halides is 3. The summed E-state index contributed by atoms with van der Waals surface area (Å²) in [4.78, 5) is 11.4. The summed E-state index contributed by atoms with van der Waals surface area (Å²) in [6, 6.07) is 0.786. The zero-order chi connectivity index (χ0) is 14.2. The molecule has 106 valence electrons. The van der Waals surface area contributed by atoms with E-state index in [1.54, 1.807) is 4.68 Å². The van der Waals surface area contributed by atoms with Crippen LogP contribution in [0.2, 0.25) is 0 Å². The fourth-order valence-electron chi connectivity index (χ4n) is 2.12. The van der Waals surface area contributed by atoms with Crippen LogP contribution in [0.3, 0.4) is 0 Å². The lowest BCUT2D eigenvalue weighted by molar-refractivity contribution is -0.141. The van der Waals surface area contributed by atoms with Crippen LogP contribution in [0.15, 0.2) is 18.6 Å². The number of anilines is 1. The van der Waals surface area contributed by atoms with Crippen LogP contribution >= 0.6 is 0 Å². The van der Waals surface area contributed by atoms with E-state index in [2.05, 4.69) is 25.4 Å². The molecule has 1 N–H and O–H groups in total. The maximum Gasteiger partial charge on any atom is 0.433 e. The smallest absolute Gasteiger partial charge is 0.350 e. The molecular weight excluding hydrogens is 273 g/mol. The molecule has 1 aliphatic heterocycles. The molecule has 0 saturated heterocycles.